The summed E-state index contributed by atoms with van der Waals surface area (Å²) in [5.74, 6) is 7.04. The fraction of sp³-hybridized carbons (Fsp3) is 0.105. The number of anilines is 2. The van der Waals surface area contributed by atoms with Crippen LogP contribution in [0.2, 0.25) is 5.02 Å². The number of nitrogens with two attached hydrogens (primary N) is 1. The Morgan fingerprint density at radius 3 is 2.88 bits per heavy atom. The van der Waals surface area contributed by atoms with Crippen LogP contribution in [0.3, 0.4) is 0 Å². The second kappa shape index (κ2) is 6.27. The highest BCUT2D eigenvalue weighted by atomic mass is 35.5. The number of benzene rings is 2. The van der Waals surface area contributed by atoms with Gasteiger partial charge >= 0.3 is 0 Å². The molecule has 3 aromatic rings. The lowest BCUT2D eigenvalue weighted by atomic mass is 9.99. The van der Waals surface area contributed by atoms with Crippen LogP contribution >= 0.6 is 11.6 Å². The molecule has 1 aliphatic rings. The minimum absolute atomic E-state index is 0.00445. The van der Waals surface area contributed by atoms with Crippen LogP contribution in [-0.4, -0.2) is 5.91 Å². The number of fused-ring (bicyclic) bond motifs is 1. The number of nitrogens with zero attached hydrogens (tertiary/aromatic N) is 1. The van der Waals surface area contributed by atoms with Gasteiger partial charge in [-0.05, 0) is 47.5 Å². The van der Waals surface area contributed by atoms with Crippen LogP contribution in [0, 0.1) is 0 Å². The molecular weight excluding hydrogens is 338 g/mol. The molecule has 0 saturated heterocycles. The molecule has 1 amide bonds. The largest absolute Gasteiger partial charge is 0.467 e. The van der Waals surface area contributed by atoms with E-state index >= 15 is 0 Å². The van der Waals surface area contributed by atoms with E-state index in [4.69, 9.17) is 21.9 Å². The standard InChI is InChI=1S/C19H16ClN3O2/c20-15-4-1-5-17(23(21)11-14-3-2-8-25-14)19(15)12-6-7-16-13(9-12)10-18(24)22-16/h1-9H,10-11,21H2,(H,22,24). The minimum Gasteiger partial charge on any atom is -0.467 e. The summed E-state index contributed by atoms with van der Waals surface area (Å²) in [6, 6.07) is 15.1. The van der Waals surface area contributed by atoms with Gasteiger partial charge in [0.05, 0.1) is 29.9 Å². The zero-order valence-electron chi connectivity index (χ0n) is 13.3. The van der Waals surface area contributed by atoms with E-state index in [1.165, 1.54) is 0 Å². The maximum atomic E-state index is 11.6. The van der Waals surface area contributed by atoms with Gasteiger partial charge in [-0.3, -0.25) is 4.79 Å². The van der Waals surface area contributed by atoms with Gasteiger partial charge < -0.3 is 14.7 Å². The Kier molecular flexibility index (Phi) is 3.95. The summed E-state index contributed by atoms with van der Waals surface area (Å²) in [6.07, 6.45) is 1.99. The van der Waals surface area contributed by atoms with Gasteiger partial charge in [0, 0.05) is 11.3 Å². The molecular formula is C19H16ClN3O2. The molecule has 4 rings (SSSR count). The first-order valence-corrected chi connectivity index (χ1v) is 8.26. The number of hydrogen-bond donors (Lipinski definition) is 2. The van der Waals surface area contributed by atoms with Crippen molar-refractivity contribution in [2.24, 2.45) is 5.84 Å². The number of carbonyl (C=O) groups is 1. The van der Waals surface area contributed by atoms with Crippen molar-refractivity contribution in [3.8, 4) is 11.1 Å². The molecule has 0 spiro atoms. The zero-order valence-corrected chi connectivity index (χ0v) is 14.1. The van der Waals surface area contributed by atoms with E-state index in [9.17, 15) is 4.79 Å². The van der Waals surface area contributed by atoms with E-state index < -0.39 is 0 Å². The summed E-state index contributed by atoms with van der Waals surface area (Å²) < 4.78 is 5.37. The van der Waals surface area contributed by atoms with Crippen molar-refractivity contribution < 1.29 is 9.21 Å². The highest BCUT2D eigenvalue weighted by Crippen LogP contribution is 2.39. The van der Waals surface area contributed by atoms with Gasteiger partial charge in [0.25, 0.3) is 0 Å². The van der Waals surface area contributed by atoms with Crippen LogP contribution in [0.1, 0.15) is 11.3 Å². The van der Waals surface area contributed by atoms with Gasteiger partial charge in [-0.25, -0.2) is 5.84 Å². The number of hydrazine groups is 1. The molecule has 6 heteroatoms. The van der Waals surface area contributed by atoms with Crippen LogP contribution in [0.4, 0.5) is 11.4 Å². The first kappa shape index (κ1) is 15.7. The molecule has 1 aromatic heterocycles. The molecule has 126 valence electrons. The number of amides is 1. The predicted molar refractivity (Wildman–Crippen MR) is 98.3 cm³/mol. The molecule has 5 nitrogen and oxygen atoms in total. The maximum absolute atomic E-state index is 11.6. The van der Waals surface area contributed by atoms with Gasteiger partial charge in [-0.15, -0.1) is 0 Å². The number of nitrogens with one attached hydrogen (secondary N) is 1. The topological polar surface area (TPSA) is 71.5 Å². The van der Waals surface area contributed by atoms with Crippen LogP contribution in [-0.2, 0) is 17.8 Å². The maximum Gasteiger partial charge on any atom is 0.228 e. The first-order valence-electron chi connectivity index (χ1n) is 7.88. The van der Waals surface area contributed by atoms with Crippen molar-refractivity contribution >= 4 is 28.9 Å². The van der Waals surface area contributed by atoms with Crippen molar-refractivity contribution in [2.45, 2.75) is 13.0 Å². The number of furan rings is 1. The Hall–Kier alpha value is -2.76. The highest BCUT2D eigenvalue weighted by molar-refractivity contribution is 6.34. The Labute approximate surface area is 150 Å². The molecule has 3 N–H and O–H groups in total. The fourth-order valence-corrected chi connectivity index (χ4v) is 3.36. The Bertz CT molecular complexity index is 938. The third-order valence-corrected chi connectivity index (χ3v) is 4.54. The third-order valence-electron chi connectivity index (χ3n) is 4.23. The number of rotatable bonds is 4. The molecule has 1 aliphatic heterocycles. The van der Waals surface area contributed by atoms with Gasteiger partial charge in [0.15, 0.2) is 0 Å². The molecule has 0 fully saturated rings. The summed E-state index contributed by atoms with van der Waals surface area (Å²) in [5, 5.41) is 5.05. The summed E-state index contributed by atoms with van der Waals surface area (Å²) in [7, 11) is 0. The molecule has 0 atom stereocenters. The fourth-order valence-electron chi connectivity index (χ4n) is 3.08. The SMILES string of the molecule is NN(Cc1ccco1)c1cccc(Cl)c1-c1ccc2c(c1)CC(=O)N2. The quantitative estimate of drug-likeness (QED) is 0.550. The molecule has 0 saturated carbocycles. The molecule has 0 bridgehead atoms. The van der Waals surface area contributed by atoms with Crippen LogP contribution in [0.25, 0.3) is 11.1 Å². The second-order valence-electron chi connectivity index (χ2n) is 5.94. The van der Waals surface area contributed by atoms with Crippen molar-refractivity contribution in [1.29, 1.82) is 0 Å². The number of hydrogen-bond acceptors (Lipinski definition) is 4. The smallest absolute Gasteiger partial charge is 0.228 e. The van der Waals surface area contributed by atoms with E-state index in [2.05, 4.69) is 5.32 Å². The van der Waals surface area contributed by atoms with Crippen molar-refractivity contribution in [2.75, 3.05) is 10.3 Å². The van der Waals surface area contributed by atoms with Gasteiger partial charge in [-0.1, -0.05) is 23.7 Å². The molecule has 2 heterocycles. The zero-order chi connectivity index (χ0) is 17.4. The van der Waals surface area contributed by atoms with Crippen molar-refractivity contribution in [3.05, 3.63) is 71.1 Å². The molecule has 0 aliphatic carbocycles. The van der Waals surface area contributed by atoms with Gasteiger partial charge in [-0.2, -0.15) is 0 Å². The predicted octanol–water partition coefficient (Wildman–Crippen LogP) is 3.97. The van der Waals surface area contributed by atoms with Crippen molar-refractivity contribution in [1.82, 2.24) is 0 Å². The van der Waals surface area contributed by atoms with E-state index in [0.29, 0.717) is 18.0 Å². The third kappa shape index (κ3) is 2.99. The number of halogens is 1. The first-order chi connectivity index (χ1) is 12.1. The lowest BCUT2D eigenvalue weighted by Crippen LogP contribution is -2.30. The van der Waals surface area contributed by atoms with E-state index in [1.807, 2.05) is 48.5 Å². The van der Waals surface area contributed by atoms with E-state index in [-0.39, 0.29) is 5.91 Å². The molecule has 2 aromatic carbocycles. The van der Waals surface area contributed by atoms with Crippen LogP contribution in [0.5, 0.6) is 0 Å². The van der Waals surface area contributed by atoms with E-state index in [1.54, 1.807) is 11.3 Å². The summed E-state index contributed by atoms with van der Waals surface area (Å²) in [5.41, 5.74) is 4.36. The van der Waals surface area contributed by atoms with Crippen molar-refractivity contribution in [3.63, 3.8) is 0 Å². The monoisotopic (exact) mass is 353 g/mol. The minimum atomic E-state index is 0.00445. The lowest BCUT2D eigenvalue weighted by molar-refractivity contribution is -0.115. The molecule has 0 radical (unpaired) electrons. The normalized spacial score (nSPS) is 12.8. The second-order valence-corrected chi connectivity index (χ2v) is 6.35. The Morgan fingerprint density at radius 1 is 1.20 bits per heavy atom. The van der Waals surface area contributed by atoms with Crippen LogP contribution in [0.15, 0.2) is 59.2 Å². The number of carbonyl (C=O) groups excluding carboxylic acids is 1. The Balaban J connectivity index is 1.75. The average molecular weight is 354 g/mol. The van der Waals surface area contributed by atoms with Gasteiger partial charge in [0.2, 0.25) is 5.91 Å². The highest BCUT2D eigenvalue weighted by Gasteiger charge is 2.20. The summed E-state index contributed by atoms with van der Waals surface area (Å²) in [6.45, 7) is 0.422. The van der Waals surface area contributed by atoms with Gasteiger partial charge in [0.1, 0.15) is 5.76 Å². The summed E-state index contributed by atoms with van der Waals surface area (Å²) in [4.78, 5) is 11.6. The Morgan fingerprint density at radius 2 is 2.08 bits per heavy atom. The lowest BCUT2D eigenvalue weighted by Gasteiger charge is -2.22. The van der Waals surface area contributed by atoms with E-state index in [0.717, 1.165) is 33.8 Å². The molecule has 0 unspecified atom stereocenters. The average Bonchev–Trinajstić information content (AvgIpc) is 3.22. The molecule has 25 heavy (non-hydrogen) atoms. The van der Waals surface area contributed by atoms with Crippen LogP contribution < -0.4 is 16.2 Å². The summed E-state index contributed by atoms with van der Waals surface area (Å²) >= 11 is 6.48.